The monoisotopic (exact) mass is 407 g/mol. The molecule has 0 atom stereocenters. The van der Waals surface area contributed by atoms with Gasteiger partial charge >= 0.3 is 5.97 Å². The molecule has 0 aliphatic rings. The first-order valence-electron chi connectivity index (χ1n) is 9.39. The average molecular weight is 407 g/mol. The van der Waals surface area contributed by atoms with Crippen molar-refractivity contribution in [2.75, 3.05) is 11.9 Å². The third-order valence-electron chi connectivity index (χ3n) is 4.51. The second kappa shape index (κ2) is 8.69. The first-order valence-corrected chi connectivity index (χ1v) is 9.39. The highest BCUT2D eigenvalue weighted by molar-refractivity contribution is 5.99. The highest BCUT2D eigenvalue weighted by atomic mass is 16.5. The summed E-state index contributed by atoms with van der Waals surface area (Å²) in [5, 5.41) is 2.86. The van der Waals surface area contributed by atoms with Crippen molar-refractivity contribution < 1.29 is 19.1 Å². The van der Waals surface area contributed by atoms with Gasteiger partial charge in [0, 0.05) is 29.7 Å². The highest BCUT2D eigenvalue weighted by Gasteiger charge is 2.18. The van der Waals surface area contributed by atoms with Gasteiger partial charge in [-0.15, -0.1) is 0 Å². The SMILES string of the molecule is CCn1cc(C(=O)OCC(=O)Nc2cccc(C(C)=O)c2)c(=O)c2ccc(C)nc21. The summed E-state index contributed by atoms with van der Waals surface area (Å²) in [5.41, 5.74) is 1.43. The van der Waals surface area contributed by atoms with Crippen LogP contribution in [-0.4, -0.2) is 33.8 Å². The van der Waals surface area contributed by atoms with Crippen LogP contribution in [0.2, 0.25) is 0 Å². The minimum absolute atomic E-state index is 0.134. The van der Waals surface area contributed by atoms with Crippen LogP contribution in [0.15, 0.2) is 47.4 Å². The molecule has 30 heavy (non-hydrogen) atoms. The molecule has 3 aromatic rings. The third kappa shape index (κ3) is 4.43. The van der Waals surface area contributed by atoms with E-state index in [4.69, 9.17) is 4.74 Å². The fourth-order valence-electron chi connectivity index (χ4n) is 2.97. The van der Waals surface area contributed by atoms with Crippen molar-refractivity contribution in [3.8, 4) is 0 Å². The number of benzene rings is 1. The lowest BCUT2D eigenvalue weighted by Crippen LogP contribution is -2.25. The van der Waals surface area contributed by atoms with Gasteiger partial charge in [-0.1, -0.05) is 12.1 Å². The Morgan fingerprint density at radius 1 is 1.17 bits per heavy atom. The predicted molar refractivity (Wildman–Crippen MR) is 112 cm³/mol. The van der Waals surface area contributed by atoms with E-state index in [1.54, 1.807) is 34.9 Å². The smallest absolute Gasteiger partial charge is 0.344 e. The second-order valence-corrected chi connectivity index (χ2v) is 6.74. The van der Waals surface area contributed by atoms with Crippen molar-refractivity contribution in [1.29, 1.82) is 0 Å². The number of fused-ring (bicyclic) bond motifs is 1. The number of anilines is 1. The van der Waals surface area contributed by atoms with Gasteiger partial charge < -0.3 is 14.6 Å². The van der Waals surface area contributed by atoms with E-state index in [-0.39, 0.29) is 11.3 Å². The fourth-order valence-corrected chi connectivity index (χ4v) is 2.97. The number of aromatic nitrogens is 2. The molecule has 0 bridgehead atoms. The Morgan fingerprint density at radius 2 is 1.93 bits per heavy atom. The summed E-state index contributed by atoms with van der Waals surface area (Å²) in [5.74, 6) is -1.61. The number of ketones is 1. The Balaban J connectivity index is 1.75. The van der Waals surface area contributed by atoms with E-state index in [0.717, 1.165) is 5.69 Å². The van der Waals surface area contributed by atoms with Crippen LogP contribution in [0.25, 0.3) is 11.0 Å². The standard InChI is InChI=1S/C22H21N3O5/c1-4-25-11-18(20(28)17-9-8-13(2)23-21(17)25)22(29)30-12-19(27)24-16-7-5-6-15(10-16)14(3)26/h5-11H,4,12H2,1-3H3,(H,24,27). The Labute approximate surface area is 172 Å². The maximum Gasteiger partial charge on any atom is 0.344 e. The van der Waals surface area contributed by atoms with E-state index in [1.807, 2.05) is 13.8 Å². The summed E-state index contributed by atoms with van der Waals surface area (Å²) in [6, 6.07) is 9.73. The van der Waals surface area contributed by atoms with E-state index >= 15 is 0 Å². The van der Waals surface area contributed by atoms with Gasteiger partial charge in [0.15, 0.2) is 12.4 Å². The largest absolute Gasteiger partial charge is 0.452 e. The third-order valence-corrected chi connectivity index (χ3v) is 4.51. The first kappa shape index (κ1) is 20.9. The quantitative estimate of drug-likeness (QED) is 0.497. The lowest BCUT2D eigenvalue weighted by Gasteiger charge is -2.11. The number of aryl methyl sites for hydroxylation is 2. The van der Waals surface area contributed by atoms with Crippen molar-refractivity contribution in [1.82, 2.24) is 9.55 Å². The molecule has 8 heteroatoms. The van der Waals surface area contributed by atoms with Crippen molar-refractivity contribution in [2.45, 2.75) is 27.3 Å². The highest BCUT2D eigenvalue weighted by Crippen LogP contribution is 2.13. The molecule has 2 aromatic heterocycles. The summed E-state index contributed by atoms with van der Waals surface area (Å²) in [6.07, 6.45) is 1.40. The van der Waals surface area contributed by atoms with Crippen LogP contribution in [0.5, 0.6) is 0 Å². The number of hydrogen-bond donors (Lipinski definition) is 1. The number of nitrogens with zero attached hydrogens (tertiary/aromatic N) is 2. The molecule has 2 heterocycles. The van der Waals surface area contributed by atoms with Crippen LogP contribution in [-0.2, 0) is 16.1 Å². The molecule has 154 valence electrons. The number of nitrogens with one attached hydrogen (secondary N) is 1. The molecule has 1 N–H and O–H groups in total. The van der Waals surface area contributed by atoms with Crippen LogP contribution in [0.4, 0.5) is 5.69 Å². The van der Waals surface area contributed by atoms with Crippen LogP contribution < -0.4 is 10.7 Å². The minimum atomic E-state index is -0.891. The molecule has 0 aliphatic carbocycles. The molecule has 0 saturated carbocycles. The topological polar surface area (TPSA) is 107 Å². The minimum Gasteiger partial charge on any atom is -0.452 e. The number of carbonyl (C=O) groups excluding carboxylic acids is 3. The number of amides is 1. The summed E-state index contributed by atoms with van der Waals surface area (Å²) < 4.78 is 6.73. The van der Waals surface area contributed by atoms with Gasteiger partial charge in [-0.3, -0.25) is 14.4 Å². The van der Waals surface area contributed by atoms with Crippen molar-refractivity contribution >= 4 is 34.4 Å². The Kier molecular flexibility index (Phi) is 6.06. The second-order valence-electron chi connectivity index (χ2n) is 6.74. The maximum absolute atomic E-state index is 12.7. The Bertz CT molecular complexity index is 1210. The van der Waals surface area contributed by atoms with E-state index in [0.29, 0.717) is 28.8 Å². The molecule has 0 aliphatic heterocycles. The molecule has 8 nitrogen and oxygen atoms in total. The fraction of sp³-hybridized carbons (Fsp3) is 0.227. The molecular weight excluding hydrogens is 386 g/mol. The van der Waals surface area contributed by atoms with E-state index < -0.39 is 23.9 Å². The van der Waals surface area contributed by atoms with Crippen molar-refractivity contribution in [2.24, 2.45) is 0 Å². The zero-order valence-electron chi connectivity index (χ0n) is 16.9. The van der Waals surface area contributed by atoms with Crippen LogP contribution in [0.3, 0.4) is 0 Å². The van der Waals surface area contributed by atoms with E-state index in [1.165, 1.54) is 19.2 Å². The summed E-state index contributed by atoms with van der Waals surface area (Å²) in [7, 11) is 0. The number of Topliss-reactive ketones (excluding diaryl/α,β-unsaturated/α-hetero) is 1. The lowest BCUT2D eigenvalue weighted by molar-refractivity contribution is -0.119. The zero-order valence-corrected chi connectivity index (χ0v) is 16.9. The van der Waals surface area contributed by atoms with Gasteiger partial charge in [0.2, 0.25) is 5.43 Å². The summed E-state index contributed by atoms with van der Waals surface area (Å²) in [4.78, 5) is 53.1. The van der Waals surface area contributed by atoms with Gasteiger partial charge in [0.25, 0.3) is 5.91 Å². The van der Waals surface area contributed by atoms with Gasteiger partial charge in [-0.2, -0.15) is 0 Å². The van der Waals surface area contributed by atoms with Gasteiger partial charge in [0.05, 0.1) is 5.39 Å². The molecule has 3 rings (SSSR count). The molecule has 1 aromatic carbocycles. The molecule has 0 unspecified atom stereocenters. The average Bonchev–Trinajstić information content (AvgIpc) is 2.72. The van der Waals surface area contributed by atoms with E-state index in [9.17, 15) is 19.2 Å². The Morgan fingerprint density at radius 3 is 2.63 bits per heavy atom. The normalized spacial score (nSPS) is 10.6. The molecular formula is C22H21N3O5. The number of pyridine rings is 2. The molecule has 1 amide bonds. The predicted octanol–water partition coefficient (Wildman–Crippen LogP) is 2.72. The van der Waals surface area contributed by atoms with E-state index in [2.05, 4.69) is 10.3 Å². The molecule has 0 saturated heterocycles. The van der Waals surface area contributed by atoms with Gasteiger partial charge in [-0.25, -0.2) is 9.78 Å². The van der Waals surface area contributed by atoms with Crippen LogP contribution >= 0.6 is 0 Å². The molecule has 0 radical (unpaired) electrons. The Hall–Kier alpha value is -3.81. The number of hydrogen-bond acceptors (Lipinski definition) is 6. The molecule has 0 spiro atoms. The summed E-state index contributed by atoms with van der Waals surface area (Å²) >= 11 is 0. The maximum atomic E-state index is 12.7. The van der Waals surface area contributed by atoms with Crippen LogP contribution in [0, 0.1) is 6.92 Å². The number of rotatable bonds is 6. The van der Waals surface area contributed by atoms with Gasteiger partial charge in [0.1, 0.15) is 11.2 Å². The number of carbonyl (C=O) groups is 3. The first-order chi connectivity index (χ1) is 14.3. The van der Waals surface area contributed by atoms with Crippen molar-refractivity contribution in [3.63, 3.8) is 0 Å². The van der Waals surface area contributed by atoms with Crippen molar-refractivity contribution in [3.05, 3.63) is 69.6 Å². The van der Waals surface area contributed by atoms with Crippen LogP contribution in [0.1, 0.15) is 40.3 Å². The summed E-state index contributed by atoms with van der Waals surface area (Å²) in [6.45, 7) is 5.04. The zero-order chi connectivity index (χ0) is 21.8. The van der Waals surface area contributed by atoms with Gasteiger partial charge in [-0.05, 0) is 45.0 Å². The number of ether oxygens (including phenoxy) is 1. The lowest BCUT2D eigenvalue weighted by atomic mass is 10.1. The number of esters is 1. The molecule has 0 fully saturated rings.